The van der Waals surface area contributed by atoms with Gasteiger partial charge in [0.25, 0.3) is 5.91 Å². The first-order valence-electron chi connectivity index (χ1n) is 9.32. The van der Waals surface area contributed by atoms with Crippen molar-refractivity contribution in [1.29, 1.82) is 0 Å². The average molecular weight is 429 g/mol. The standard InChI is InChI=1S/C19H22F3N3O3S/c1-13-17(29(27,28)24-10-5-3-4-6-11-24)14(2)25(23-13)18(26)15-8-7-9-16(12-15)19(20,21)22/h7-9,12H,3-6,10-11H2,1-2H3. The average Bonchev–Trinajstić information content (AvgIpc) is 2.83. The summed E-state index contributed by atoms with van der Waals surface area (Å²) in [4.78, 5) is 12.7. The van der Waals surface area contributed by atoms with Gasteiger partial charge in [-0.1, -0.05) is 18.9 Å². The zero-order valence-electron chi connectivity index (χ0n) is 16.2. The SMILES string of the molecule is Cc1nn(C(=O)c2cccc(C(F)(F)F)c2)c(C)c1S(=O)(=O)N1CCCCCC1. The van der Waals surface area contributed by atoms with Crippen LogP contribution in [0.25, 0.3) is 0 Å². The molecule has 2 aromatic rings. The summed E-state index contributed by atoms with van der Waals surface area (Å²) in [6.07, 6.45) is -1.16. The third-order valence-corrected chi connectivity index (χ3v) is 7.17. The second-order valence-electron chi connectivity index (χ2n) is 7.11. The summed E-state index contributed by atoms with van der Waals surface area (Å²) in [5.41, 5.74) is -0.937. The highest BCUT2D eigenvalue weighted by Crippen LogP contribution is 2.30. The maximum atomic E-state index is 13.2. The number of benzene rings is 1. The number of hydrogen-bond acceptors (Lipinski definition) is 4. The van der Waals surface area contributed by atoms with Crippen molar-refractivity contribution in [3.8, 4) is 0 Å². The van der Waals surface area contributed by atoms with Crippen LogP contribution >= 0.6 is 0 Å². The number of halogens is 3. The van der Waals surface area contributed by atoms with Crippen LogP contribution in [0, 0.1) is 13.8 Å². The predicted molar refractivity (Wildman–Crippen MR) is 100 cm³/mol. The van der Waals surface area contributed by atoms with Gasteiger partial charge in [0.15, 0.2) is 0 Å². The molecule has 1 aromatic carbocycles. The molecule has 158 valence electrons. The quantitative estimate of drug-likeness (QED) is 0.745. The molecule has 0 aliphatic carbocycles. The fraction of sp³-hybridized carbons (Fsp3) is 0.474. The highest BCUT2D eigenvalue weighted by molar-refractivity contribution is 7.89. The third-order valence-electron chi connectivity index (χ3n) is 5.02. The summed E-state index contributed by atoms with van der Waals surface area (Å²) in [6, 6.07) is 3.99. The molecule has 10 heteroatoms. The van der Waals surface area contributed by atoms with Crippen LogP contribution < -0.4 is 0 Å². The lowest BCUT2D eigenvalue weighted by Gasteiger charge is -2.20. The van der Waals surface area contributed by atoms with Crippen LogP contribution in [0.3, 0.4) is 0 Å². The maximum absolute atomic E-state index is 13.2. The van der Waals surface area contributed by atoms with E-state index < -0.39 is 27.7 Å². The Morgan fingerprint density at radius 2 is 1.69 bits per heavy atom. The lowest BCUT2D eigenvalue weighted by molar-refractivity contribution is -0.137. The molecule has 3 rings (SSSR count). The Morgan fingerprint density at radius 1 is 1.07 bits per heavy atom. The summed E-state index contributed by atoms with van der Waals surface area (Å²) in [5.74, 6) is -0.811. The van der Waals surface area contributed by atoms with E-state index in [4.69, 9.17) is 0 Å². The molecule has 0 radical (unpaired) electrons. The van der Waals surface area contributed by atoms with Gasteiger partial charge >= 0.3 is 6.18 Å². The van der Waals surface area contributed by atoms with Crippen molar-refractivity contribution in [2.75, 3.05) is 13.1 Å². The molecule has 0 bridgehead atoms. The number of aryl methyl sites for hydroxylation is 1. The van der Waals surface area contributed by atoms with E-state index in [1.807, 2.05) is 0 Å². The van der Waals surface area contributed by atoms with Crippen LogP contribution in [0.2, 0.25) is 0 Å². The minimum atomic E-state index is -4.59. The largest absolute Gasteiger partial charge is 0.416 e. The molecule has 0 unspecified atom stereocenters. The van der Waals surface area contributed by atoms with E-state index in [0.29, 0.717) is 13.1 Å². The van der Waals surface area contributed by atoms with E-state index in [1.165, 1.54) is 24.2 Å². The van der Waals surface area contributed by atoms with Crippen molar-refractivity contribution in [2.24, 2.45) is 0 Å². The Kier molecular flexibility index (Phi) is 5.86. The fourth-order valence-electron chi connectivity index (χ4n) is 3.56. The van der Waals surface area contributed by atoms with E-state index in [0.717, 1.165) is 48.6 Å². The van der Waals surface area contributed by atoms with Crippen LogP contribution in [0.1, 0.15) is 53.0 Å². The van der Waals surface area contributed by atoms with Crippen molar-refractivity contribution < 1.29 is 26.4 Å². The minimum absolute atomic E-state index is 0.0558. The molecule has 1 aliphatic rings. The molecule has 29 heavy (non-hydrogen) atoms. The highest BCUT2D eigenvalue weighted by atomic mass is 32.2. The number of carbonyl (C=O) groups is 1. The number of sulfonamides is 1. The Bertz CT molecular complexity index is 1020. The zero-order valence-corrected chi connectivity index (χ0v) is 17.0. The minimum Gasteiger partial charge on any atom is -0.267 e. The molecule has 1 fully saturated rings. The van der Waals surface area contributed by atoms with E-state index >= 15 is 0 Å². The smallest absolute Gasteiger partial charge is 0.267 e. The van der Waals surface area contributed by atoms with Gasteiger partial charge in [-0.25, -0.2) is 8.42 Å². The molecule has 6 nitrogen and oxygen atoms in total. The van der Waals surface area contributed by atoms with Crippen LogP contribution in [0.5, 0.6) is 0 Å². The van der Waals surface area contributed by atoms with Gasteiger partial charge < -0.3 is 0 Å². The molecule has 0 N–H and O–H groups in total. The van der Waals surface area contributed by atoms with Gasteiger partial charge in [0.2, 0.25) is 10.0 Å². The number of aromatic nitrogens is 2. The van der Waals surface area contributed by atoms with Crippen molar-refractivity contribution in [2.45, 2.75) is 50.6 Å². The van der Waals surface area contributed by atoms with Crippen LogP contribution in [0.15, 0.2) is 29.2 Å². The first-order valence-corrected chi connectivity index (χ1v) is 10.8. The number of carbonyl (C=O) groups excluding carboxylic acids is 1. The number of alkyl halides is 3. The van der Waals surface area contributed by atoms with Crippen molar-refractivity contribution in [1.82, 2.24) is 14.1 Å². The summed E-state index contributed by atoms with van der Waals surface area (Å²) in [7, 11) is -3.86. The van der Waals surface area contributed by atoms with E-state index in [9.17, 15) is 26.4 Å². The molecule has 0 spiro atoms. The van der Waals surface area contributed by atoms with Crippen LogP contribution in [-0.4, -0.2) is 41.5 Å². The first-order chi connectivity index (χ1) is 13.5. The summed E-state index contributed by atoms with van der Waals surface area (Å²) >= 11 is 0. The Morgan fingerprint density at radius 3 is 2.28 bits per heavy atom. The molecular formula is C19H22F3N3O3S. The van der Waals surface area contributed by atoms with Gasteiger partial charge in [0.1, 0.15) is 4.90 Å². The van der Waals surface area contributed by atoms with E-state index in [2.05, 4.69) is 5.10 Å². The Labute approximate surface area is 167 Å². The topological polar surface area (TPSA) is 72.3 Å². The second-order valence-corrected chi connectivity index (χ2v) is 8.99. The number of rotatable bonds is 3. The van der Waals surface area contributed by atoms with Crippen LogP contribution in [0.4, 0.5) is 13.2 Å². The van der Waals surface area contributed by atoms with Gasteiger partial charge in [-0.15, -0.1) is 0 Å². The summed E-state index contributed by atoms with van der Waals surface area (Å²) in [6.45, 7) is 3.71. The lowest BCUT2D eigenvalue weighted by atomic mass is 10.1. The van der Waals surface area contributed by atoms with Gasteiger partial charge in [-0.3, -0.25) is 4.79 Å². The van der Waals surface area contributed by atoms with Crippen LogP contribution in [-0.2, 0) is 16.2 Å². The molecule has 0 amide bonds. The Balaban J connectivity index is 2.00. The maximum Gasteiger partial charge on any atom is 0.416 e. The van der Waals surface area contributed by atoms with Crippen molar-refractivity contribution in [3.63, 3.8) is 0 Å². The molecule has 1 aliphatic heterocycles. The highest BCUT2D eigenvalue weighted by Gasteiger charge is 2.34. The molecule has 0 atom stereocenters. The normalized spacial score (nSPS) is 16.6. The Hall–Kier alpha value is -2.20. The molecule has 0 saturated carbocycles. The van der Waals surface area contributed by atoms with Crippen molar-refractivity contribution >= 4 is 15.9 Å². The summed E-state index contributed by atoms with van der Waals surface area (Å²) in [5, 5.41) is 4.04. The molecule has 1 saturated heterocycles. The number of hydrogen-bond donors (Lipinski definition) is 0. The first kappa shape index (κ1) is 21.5. The molecular weight excluding hydrogens is 407 g/mol. The van der Waals surface area contributed by atoms with Gasteiger partial charge in [-0.2, -0.15) is 27.3 Å². The second kappa shape index (κ2) is 7.91. The third kappa shape index (κ3) is 4.23. The van der Waals surface area contributed by atoms with Gasteiger partial charge in [-0.05, 0) is 44.9 Å². The summed E-state index contributed by atoms with van der Waals surface area (Å²) < 4.78 is 67.4. The molecule has 1 aromatic heterocycles. The number of nitrogens with zero attached hydrogens (tertiary/aromatic N) is 3. The molecule has 2 heterocycles. The van der Waals surface area contributed by atoms with E-state index in [-0.39, 0.29) is 21.8 Å². The van der Waals surface area contributed by atoms with Crippen molar-refractivity contribution in [3.05, 3.63) is 46.8 Å². The monoisotopic (exact) mass is 429 g/mol. The zero-order chi connectivity index (χ0) is 21.4. The predicted octanol–water partition coefficient (Wildman–Crippen LogP) is 3.77. The van der Waals surface area contributed by atoms with Gasteiger partial charge in [0.05, 0.1) is 17.0 Å². The fourth-order valence-corrected chi connectivity index (χ4v) is 5.43. The van der Waals surface area contributed by atoms with E-state index in [1.54, 1.807) is 0 Å². The lowest BCUT2D eigenvalue weighted by Crippen LogP contribution is -2.32. The van der Waals surface area contributed by atoms with Gasteiger partial charge in [0, 0.05) is 18.7 Å².